The molecule has 3 aromatic rings. The van der Waals surface area contributed by atoms with E-state index in [0.29, 0.717) is 16.4 Å². The smallest absolute Gasteiger partial charge is 0.255 e. The van der Waals surface area contributed by atoms with Crippen molar-refractivity contribution >= 4 is 44.8 Å². The predicted octanol–water partition coefficient (Wildman–Crippen LogP) is 3.90. The summed E-state index contributed by atoms with van der Waals surface area (Å²) >= 11 is 12.2. The summed E-state index contributed by atoms with van der Waals surface area (Å²) in [6, 6.07) is 8.92. The van der Waals surface area contributed by atoms with Crippen LogP contribution in [0.5, 0.6) is 0 Å². The van der Waals surface area contributed by atoms with E-state index in [-0.39, 0.29) is 15.5 Å². The van der Waals surface area contributed by atoms with Crippen LogP contribution in [-0.2, 0) is 10.0 Å². The number of halogens is 2. The molecule has 1 aromatic heterocycles. The SMILES string of the molecule is CC(C)(C)NS(=O)(=O)c1cc(C(=O)Nc2cc(Cl)ccc2-n2cncn2)ccc1Cl. The van der Waals surface area contributed by atoms with Crippen molar-refractivity contribution < 1.29 is 13.2 Å². The fraction of sp³-hybridized carbons (Fsp3) is 0.211. The highest BCUT2D eigenvalue weighted by molar-refractivity contribution is 7.89. The van der Waals surface area contributed by atoms with Crippen molar-refractivity contribution in [1.29, 1.82) is 0 Å². The number of hydrogen-bond donors (Lipinski definition) is 2. The second-order valence-corrected chi connectivity index (χ2v) is 9.95. The maximum Gasteiger partial charge on any atom is 0.255 e. The number of benzene rings is 2. The lowest BCUT2D eigenvalue weighted by molar-refractivity contribution is 0.102. The third-order valence-corrected chi connectivity index (χ3v) is 6.27. The summed E-state index contributed by atoms with van der Waals surface area (Å²) in [4.78, 5) is 16.6. The molecule has 0 spiro atoms. The molecule has 0 saturated carbocycles. The molecule has 30 heavy (non-hydrogen) atoms. The van der Waals surface area contributed by atoms with Crippen molar-refractivity contribution in [2.24, 2.45) is 0 Å². The summed E-state index contributed by atoms with van der Waals surface area (Å²) in [5, 5.41) is 7.20. The first kappa shape index (κ1) is 22.2. The second-order valence-electron chi connectivity index (χ2n) is 7.46. The van der Waals surface area contributed by atoms with E-state index < -0.39 is 21.5 Å². The number of nitrogens with zero attached hydrogens (tertiary/aromatic N) is 3. The van der Waals surface area contributed by atoms with Crippen molar-refractivity contribution in [2.45, 2.75) is 31.2 Å². The van der Waals surface area contributed by atoms with Gasteiger partial charge in [-0.15, -0.1) is 0 Å². The average molecular weight is 468 g/mol. The van der Waals surface area contributed by atoms with Gasteiger partial charge in [0.2, 0.25) is 10.0 Å². The van der Waals surface area contributed by atoms with Crippen molar-refractivity contribution in [3.63, 3.8) is 0 Å². The Labute approximate surface area is 184 Å². The van der Waals surface area contributed by atoms with Crippen molar-refractivity contribution in [1.82, 2.24) is 19.5 Å². The van der Waals surface area contributed by atoms with Crippen LogP contribution in [0.4, 0.5) is 5.69 Å². The van der Waals surface area contributed by atoms with Crippen molar-refractivity contribution in [3.05, 3.63) is 64.7 Å². The molecule has 8 nitrogen and oxygen atoms in total. The Kier molecular flexibility index (Phi) is 6.19. The molecule has 2 aromatic carbocycles. The molecular weight excluding hydrogens is 449 g/mol. The van der Waals surface area contributed by atoms with Gasteiger partial charge in [-0.1, -0.05) is 23.2 Å². The van der Waals surface area contributed by atoms with Gasteiger partial charge < -0.3 is 5.32 Å². The van der Waals surface area contributed by atoms with Gasteiger partial charge in [0, 0.05) is 16.1 Å². The van der Waals surface area contributed by atoms with E-state index in [1.165, 1.54) is 35.5 Å². The van der Waals surface area contributed by atoms with E-state index in [9.17, 15) is 13.2 Å². The maximum absolute atomic E-state index is 12.9. The molecule has 11 heteroatoms. The van der Waals surface area contributed by atoms with E-state index in [1.807, 2.05) is 0 Å². The molecular formula is C19H19Cl2N5O3S. The minimum Gasteiger partial charge on any atom is -0.320 e. The molecule has 0 aliphatic rings. The molecule has 1 heterocycles. The number of amides is 1. The first-order valence-corrected chi connectivity index (χ1v) is 11.0. The number of rotatable bonds is 5. The lowest BCUT2D eigenvalue weighted by Crippen LogP contribution is -2.40. The molecule has 2 N–H and O–H groups in total. The van der Waals surface area contributed by atoms with Crippen LogP contribution in [0.15, 0.2) is 53.9 Å². The summed E-state index contributed by atoms with van der Waals surface area (Å²) < 4.78 is 29.4. The fourth-order valence-electron chi connectivity index (χ4n) is 2.64. The minimum absolute atomic E-state index is 0.00867. The highest BCUT2D eigenvalue weighted by atomic mass is 35.5. The highest BCUT2D eigenvalue weighted by Gasteiger charge is 2.25. The number of anilines is 1. The molecule has 0 saturated heterocycles. The Bertz CT molecular complexity index is 1190. The van der Waals surface area contributed by atoms with E-state index in [0.717, 1.165) is 0 Å². The monoisotopic (exact) mass is 467 g/mol. The summed E-state index contributed by atoms with van der Waals surface area (Å²) in [7, 11) is -3.93. The summed E-state index contributed by atoms with van der Waals surface area (Å²) in [5.74, 6) is -0.539. The van der Waals surface area contributed by atoms with Gasteiger partial charge in [0.25, 0.3) is 5.91 Å². The van der Waals surface area contributed by atoms with Crippen LogP contribution in [0.3, 0.4) is 0 Å². The Morgan fingerprint density at radius 1 is 1.10 bits per heavy atom. The van der Waals surface area contributed by atoms with E-state index in [1.54, 1.807) is 39.0 Å². The second kappa shape index (κ2) is 8.35. The largest absolute Gasteiger partial charge is 0.320 e. The number of hydrogen-bond acceptors (Lipinski definition) is 5. The Morgan fingerprint density at radius 3 is 2.47 bits per heavy atom. The minimum atomic E-state index is -3.93. The molecule has 0 radical (unpaired) electrons. The van der Waals surface area contributed by atoms with Crippen LogP contribution in [0.2, 0.25) is 10.0 Å². The Hall–Kier alpha value is -2.46. The summed E-state index contributed by atoms with van der Waals surface area (Å²) in [6.07, 6.45) is 2.84. The molecule has 158 valence electrons. The highest BCUT2D eigenvalue weighted by Crippen LogP contribution is 2.27. The number of aromatic nitrogens is 3. The van der Waals surface area contributed by atoms with Crippen LogP contribution in [-0.4, -0.2) is 34.6 Å². The van der Waals surface area contributed by atoms with Gasteiger partial charge in [0.15, 0.2) is 0 Å². The number of carbonyl (C=O) groups excluding carboxylic acids is 1. The number of sulfonamides is 1. The quantitative estimate of drug-likeness (QED) is 0.591. The van der Waals surface area contributed by atoms with Gasteiger partial charge in [-0.05, 0) is 57.2 Å². The summed E-state index contributed by atoms with van der Waals surface area (Å²) in [5.41, 5.74) is 0.318. The normalized spacial score (nSPS) is 12.0. The lowest BCUT2D eigenvalue weighted by atomic mass is 10.1. The van der Waals surface area contributed by atoms with Crippen LogP contribution in [0.25, 0.3) is 5.69 Å². The molecule has 0 atom stereocenters. The zero-order valence-electron chi connectivity index (χ0n) is 16.3. The van der Waals surface area contributed by atoms with Gasteiger partial charge in [-0.25, -0.2) is 22.8 Å². The van der Waals surface area contributed by atoms with Gasteiger partial charge >= 0.3 is 0 Å². The third kappa shape index (κ3) is 5.17. The van der Waals surface area contributed by atoms with E-state index >= 15 is 0 Å². The number of carbonyl (C=O) groups is 1. The topological polar surface area (TPSA) is 106 Å². The summed E-state index contributed by atoms with van der Waals surface area (Å²) in [6.45, 7) is 5.12. The van der Waals surface area contributed by atoms with Gasteiger partial charge in [0.05, 0.1) is 16.4 Å². The van der Waals surface area contributed by atoms with Gasteiger partial charge in [0.1, 0.15) is 17.6 Å². The standard InChI is InChI=1S/C19H19Cl2N5O3S/c1-19(2,3)25-30(28,29)17-8-12(4-6-14(17)21)18(27)24-15-9-13(20)5-7-16(15)26-11-22-10-23-26/h4-11,25H,1-3H3,(H,24,27). The molecule has 1 amide bonds. The van der Waals surface area contributed by atoms with Gasteiger partial charge in [-0.2, -0.15) is 5.10 Å². The van der Waals surface area contributed by atoms with E-state index in [2.05, 4.69) is 20.1 Å². The fourth-order valence-corrected chi connectivity index (χ4v) is 4.76. The Morgan fingerprint density at radius 2 is 1.83 bits per heavy atom. The van der Waals surface area contributed by atoms with Crippen LogP contribution in [0, 0.1) is 0 Å². The zero-order valence-corrected chi connectivity index (χ0v) is 18.7. The predicted molar refractivity (Wildman–Crippen MR) is 116 cm³/mol. The molecule has 0 bridgehead atoms. The van der Waals surface area contributed by atoms with Crippen LogP contribution >= 0.6 is 23.2 Å². The van der Waals surface area contributed by atoms with Crippen molar-refractivity contribution in [3.8, 4) is 5.69 Å². The van der Waals surface area contributed by atoms with Gasteiger partial charge in [-0.3, -0.25) is 4.79 Å². The van der Waals surface area contributed by atoms with E-state index in [4.69, 9.17) is 23.2 Å². The average Bonchev–Trinajstić information content (AvgIpc) is 3.14. The Balaban J connectivity index is 1.95. The van der Waals surface area contributed by atoms with Crippen molar-refractivity contribution in [2.75, 3.05) is 5.32 Å². The first-order valence-electron chi connectivity index (χ1n) is 8.76. The molecule has 3 rings (SSSR count). The van der Waals surface area contributed by atoms with Crippen LogP contribution < -0.4 is 10.0 Å². The third-order valence-electron chi connectivity index (χ3n) is 3.80. The lowest BCUT2D eigenvalue weighted by Gasteiger charge is -2.21. The molecule has 0 unspecified atom stereocenters. The first-order chi connectivity index (χ1) is 14.0. The maximum atomic E-state index is 12.9. The molecule has 0 fully saturated rings. The zero-order chi connectivity index (χ0) is 22.1. The van der Waals surface area contributed by atoms with Crippen LogP contribution in [0.1, 0.15) is 31.1 Å². The molecule has 0 aliphatic heterocycles. The molecule has 0 aliphatic carbocycles. The number of nitrogens with one attached hydrogen (secondary N) is 2.